The zero-order valence-electron chi connectivity index (χ0n) is 16.7. The van der Waals surface area contributed by atoms with Crippen LogP contribution in [0.2, 0.25) is 10.0 Å². The van der Waals surface area contributed by atoms with Crippen molar-refractivity contribution in [3.63, 3.8) is 0 Å². The third-order valence-electron chi connectivity index (χ3n) is 5.90. The number of hydrogen-bond donors (Lipinski definition) is 1. The molecule has 1 aliphatic carbocycles. The van der Waals surface area contributed by atoms with Gasteiger partial charge < -0.3 is 5.32 Å². The Hall–Kier alpha value is -2.56. The second-order valence-corrected chi connectivity index (χ2v) is 8.99. The largest absolute Gasteiger partial charge is 0.343 e. The predicted molar refractivity (Wildman–Crippen MR) is 121 cm³/mol. The van der Waals surface area contributed by atoms with E-state index in [0.717, 1.165) is 45.9 Å². The molecule has 2 aliphatic rings. The van der Waals surface area contributed by atoms with Crippen LogP contribution in [0.5, 0.6) is 0 Å². The van der Waals surface area contributed by atoms with Crippen LogP contribution >= 0.6 is 23.2 Å². The summed E-state index contributed by atoms with van der Waals surface area (Å²) in [5.74, 6) is 1.34. The fraction of sp³-hybridized carbons (Fsp3) is 0.250. The molecule has 0 bridgehead atoms. The van der Waals surface area contributed by atoms with Crippen molar-refractivity contribution < 1.29 is 4.79 Å². The summed E-state index contributed by atoms with van der Waals surface area (Å²) in [6.07, 6.45) is 1.35. The summed E-state index contributed by atoms with van der Waals surface area (Å²) in [4.78, 5) is 13.2. The lowest BCUT2D eigenvalue weighted by Crippen LogP contribution is -2.33. The molecule has 0 unspecified atom stereocenters. The molecule has 4 nitrogen and oxygen atoms in total. The number of carbonyl (C=O) groups excluding carboxylic acids is 1. The molecule has 3 aromatic rings. The Bertz CT molecular complexity index is 1200. The first kappa shape index (κ1) is 19.4. The lowest BCUT2D eigenvalue weighted by molar-refractivity contribution is -0.117. The normalized spacial score (nSPS) is 20.6. The molecule has 2 heterocycles. The van der Waals surface area contributed by atoms with Crippen LogP contribution in [0.15, 0.2) is 59.8 Å². The zero-order chi connectivity index (χ0) is 21.0. The summed E-state index contributed by atoms with van der Waals surface area (Å²) < 4.78 is 1.92. The summed E-state index contributed by atoms with van der Waals surface area (Å²) >= 11 is 12.8. The first-order valence-corrected chi connectivity index (χ1v) is 10.8. The highest BCUT2D eigenvalue weighted by Crippen LogP contribution is 2.47. The standard InChI is InChI=1S/C24H21Cl2N3O/c1-13-10-19-22(20(30)11-13)23(17-9-8-16(25)12-18(17)26)29-24(27-19)21(14(2)28-29)15-6-4-3-5-7-15/h3-9,12-13,23,27H,10-11H2,1-2H3/t13-,23-/m0/s1. The van der Waals surface area contributed by atoms with Crippen LogP contribution in [0.1, 0.15) is 37.1 Å². The molecular formula is C24H21Cl2N3O. The third-order valence-corrected chi connectivity index (χ3v) is 6.47. The molecule has 0 radical (unpaired) electrons. The van der Waals surface area contributed by atoms with Gasteiger partial charge in [-0.2, -0.15) is 5.10 Å². The first-order chi connectivity index (χ1) is 14.4. The van der Waals surface area contributed by atoms with Crippen LogP contribution in [0.4, 0.5) is 5.82 Å². The number of rotatable bonds is 2. The molecule has 0 amide bonds. The number of fused-ring (bicyclic) bond motifs is 1. The van der Waals surface area contributed by atoms with Crippen LogP contribution in [0.3, 0.4) is 0 Å². The number of nitrogens with zero attached hydrogens (tertiary/aromatic N) is 2. The molecule has 2 atom stereocenters. The molecule has 1 aliphatic heterocycles. The van der Waals surface area contributed by atoms with Gasteiger partial charge in [0.1, 0.15) is 11.9 Å². The van der Waals surface area contributed by atoms with Gasteiger partial charge in [0.2, 0.25) is 0 Å². The van der Waals surface area contributed by atoms with E-state index in [1.54, 1.807) is 6.07 Å². The number of halogens is 2. The second-order valence-electron chi connectivity index (χ2n) is 8.14. The lowest BCUT2D eigenvalue weighted by atomic mass is 9.81. The van der Waals surface area contributed by atoms with Crippen LogP contribution in [0.25, 0.3) is 11.1 Å². The summed E-state index contributed by atoms with van der Waals surface area (Å²) in [6.45, 7) is 4.11. The van der Waals surface area contributed by atoms with E-state index in [0.29, 0.717) is 22.4 Å². The average Bonchev–Trinajstić information content (AvgIpc) is 3.02. The number of aryl methyl sites for hydroxylation is 1. The van der Waals surface area contributed by atoms with Crippen molar-refractivity contribution >= 4 is 34.8 Å². The van der Waals surface area contributed by atoms with E-state index in [2.05, 4.69) is 24.4 Å². The minimum atomic E-state index is -0.378. The monoisotopic (exact) mass is 437 g/mol. The highest BCUT2D eigenvalue weighted by atomic mass is 35.5. The van der Waals surface area contributed by atoms with Gasteiger partial charge in [0.05, 0.1) is 5.69 Å². The maximum absolute atomic E-state index is 13.2. The predicted octanol–water partition coefficient (Wildman–Crippen LogP) is 6.43. The number of aromatic nitrogens is 2. The number of Topliss-reactive ketones (excluding diaryl/α,β-unsaturated/α-hetero) is 1. The Labute approximate surface area is 185 Å². The fourth-order valence-electron chi connectivity index (χ4n) is 4.64. The Morgan fingerprint density at radius 2 is 1.87 bits per heavy atom. The van der Waals surface area contributed by atoms with Crippen LogP contribution in [0, 0.1) is 12.8 Å². The van der Waals surface area contributed by atoms with E-state index in [-0.39, 0.29) is 11.8 Å². The molecule has 0 fully saturated rings. The smallest absolute Gasteiger partial charge is 0.163 e. The topological polar surface area (TPSA) is 46.9 Å². The van der Waals surface area contributed by atoms with Crippen LogP contribution in [-0.2, 0) is 4.79 Å². The minimum Gasteiger partial charge on any atom is -0.343 e. The molecule has 0 saturated heterocycles. The number of allylic oxidation sites excluding steroid dienone is 2. The third kappa shape index (κ3) is 3.06. The van der Waals surface area contributed by atoms with Gasteiger partial charge in [0, 0.05) is 38.9 Å². The molecule has 2 aromatic carbocycles. The van der Waals surface area contributed by atoms with E-state index in [4.69, 9.17) is 28.3 Å². The van der Waals surface area contributed by atoms with Crippen molar-refractivity contribution in [2.45, 2.75) is 32.7 Å². The lowest BCUT2D eigenvalue weighted by Gasteiger charge is -2.35. The molecule has 5 rings (SSSR count). The number of benzene rings is 2. The Morgan fingerprint density at radius 1 is 1.10 bits per heavy atom. The molecule has 0 spiro atoms. The van der Waals surface area contributed by atoms with Crippen LogP contribution < -0.4 is 5.32 Å². The molecule has 30 heavy (non-hydrogen) atoms. The minimum absolute atomic E-state index is 0.146. The maximum Gasteiger partial charge on any atom is 0.163 e. The number of carbonyl (C=O) groups is 1. The van der Waals surface area contributed by atoms with Crippen molar-refractivity contribution in [3.8, 4) is 11.1 Å². The number of anilines is 1. The van der Waals surface area contributed by atoms with E-state index < -0.39 is 0 Å². The quantitative estimate of drug-likeness (QED) is 0.501. The highest BCUT2D eigenvalue weighted by molar-refractivity contribution is 6.35. The van der Waals surface area contributed by atoms with E-state index in [1.807, 2.05) is 41.9 Å². The summed E-state index contributed by atoms with van der Waals surface area (Å²) in [5, 5.41) is 9.54. The Balaban J connectivity index is 1.77. The van der Waals surface area contributed by atoms with Crippen molar-refractivity contribution in [3.05, 3.63) is 81.1 Å². The molecule has 1 aromatic heterocycles. The average molecular weight is 438 g/mol. The summed E-state index contributed by atoms with van der Waals surface area (Å²) in [6, 6.07) is 15.3. The van der Waals surface area contributed by atoms with Crippen molar-refractivity contribution in [2.75, 3.05) is 5.32 Å². The van der Waals surface area contributed by atoms with E-state index in [1.165, 1.54) is 0 Å². The van der Waals surface area contributed by atoms with Gasteiger partial charge in [-0.1, -0.05) is 66.5 Å². The van der Waals surface area contributed by atoms with Gasteiger partial charge in [-0.3, -0.25) is 4.79 Å². The fourth-order valence-corrected chi connectivity index (χ4v) is 5.15. The number of nitrogens with one attached hydrogen (secondary N) is 1. The molecule has 0 saturated carbocycles. The Morgan fingerprint density at radius 3 is 2.60 bits per heavy atom. The van der Waals surface area contributed by atoms with Crippen molar-refractivity contribution in [1.82, 2.24) is 9.78 Å². The summed E-state index contributed by atoms with van der Waals surface area (Å²) in [5.41, 5.74) is 5.60. The van der Waals surface area contributed by atoms with Gasteiger partial charge in [-0.25, -0.2) is 4.68 Å². The van der Waals surface area contributed by atoms with Gasteiger partial charge >= 0.3 is 0 Å². The molecule has 1 N–H and O–H groups in total. The highest BCUT2D eigenvalue weighted by Gasteiger charge is 2.39. The van der Waals surface area contributed by atoms with Gasteiger partial charge in [-0.15, -0.1) is 0 Å². The van der Waals surface area contributed by atoms with Crippen molar-refractivity contribution in [1.29, 1.82) is 0 Å². The van der Waals surface area contributed by atoms with E-state index in [9.17, 15) is 4.79 Å². The van der Waals surface area contributed by atoms with E-state index >= 15 is 0 Å². The summed E-state index contributed by atoms with van der Waals surface area (Å²) in [7, 11) is 0. The zero-order valence-corrected chi connectivity index (χ0v) is 18.3. The molecule has 152 valence electrons. The Kier molecular flexibility index (Phi) is 4.72. The van der Waals surface area contributed by atoms with Crippen molar-refractivity contribution in [2.24, 2.45) is 5.92 Å². The van der Waals surface area contributed by atoms with Gasteiger partial charge in [0.15, 0.2) is 5.78 Å². The van der Waals surface area contributed by atoms with Gasteiger partial charge in [-0.05, 0) is 37.0 Å². The number of hydrogen-bond acceptors (Lipinski definition) is 3. The van der Waals surface area contributed by atoms with Crippen LogP contribution in [-0.4, -0.2) is 15.6 Å². The SMILES string of the molecule is Cc1nn2c(c1-c1ccccc1)NC1=C(C(=O)C[C@@H](C)C1)[C@@H]2c1ccc(Cl)cc1Cl. The van der Waals surface area contributed by atoms with Gasteiger partial charge in [0.25, 0.3) is 0 Å². The number of ketones is 1. The maximum atomic E-state index is 13.2. The molecule has 6 heteroatoms. The molecular weight excluding hydrogens is 417 g/mol. The first-order valence-electron chi connectivity index (χ1n) is 10.1. The second kappa shape index (κ2) is 7.29.